The molecule has 0 aliphatic rings. The summed E-state index contributed by atoms with van der Waals surface area (Å²) < 4.78 is 57.2. The van der Waals surface area contributed by atoms with Gasteiger partial charge in [-0.25, -0.2) is 17.2 Å². The van der Waals surface area contributed by atoms with E-state index in [1.54, 1.807) is 0 Å². The highest BCUT2D eigenvalue weighted by Gasteiger charge is 2.27. The number of halogens is 2. The van der Waals surface area contributed by atoms with E-state index in [1.165, 1.54) is 7.11 Å². The van der Waals surface area contributed by atoms with Crippen LogP contribution in [0.15, 0.2) is 23.1 Å². The van der Waals surface area contributed by atoms with Gasteiger partial charge in [0.15, 0.2) is 0 Å². The topological polar surface area (TPSA) is 72.6 Å². The number of hydrogen-bond acceptors (Lipinski definition) is 4. The molecular weight excluding hydrogens is 322 g/mol. The van der Waals surface area contributed by atoms with Gasteiger partial charge >= 0.3 is 0 Å². The van der Waals surface area contributed by atoms with E-state index in [2.05, 4.69) is 0 Å². The summed E-state index contributed by atoms with van der Waals surface area (Å²) in [5.41, 5.74) is 5.36. The van der Waals surface area contributed by atoms with Gasteiger partial charge < -0.3 is 10.5 Å². The van der Waals surface area contributed by atoms with E-state index in [-0.39, 0.29) is 31.1 Å². The second kappa shape index (κ2) is 7.74. The minimum Gasteiger partial charge on any atom is -0.393 e. The molecule has 0 unspecified atom stereocenters. The fraction of sp³-hybridized carbons (Fsp3) is 0.417. The average Bonchev–Trinajstić information content (AvgIpc) is 2.37. The number of thiocarbonyl (C=S) groups is 1. The van der Waals surface area contributed by atoms with Crippen LogP contribution >= 0.6 is 12.2 Å². The second-order valence-electron chi connectivity index (χ2n) is 4.19. The zero-order chi connectivity index (χ0) is 16.0. The van der Waals surface area contributed by atoms with Gasteiger partial charge in [0.05, 0.1) is 11.6 Å². The van der Waals surface area contributed by atoms with Gasteiger partial charge in [-0.3, -0.25) is 0 Å². The fourth-order valence-corrected chi connectivity index (χ4v) is 3.17. The molecule has 2 N–H and O–H groups in total. The molecule has 0 saturated carbocycles. The number of nitrogens with two attached hydrogens (primary N) is 1. The Balaban J connectivity index is 3.09. The van der Waals surface area contributed by atoms with Crippen LogP contribution in [-0.2, 0) is 14.8 Å². The van der Waals surface area contributed by atoms with E-state index in [0.29, 0.717) is 6.07 Å². The van der Waals surface area contributed by atoms with Gasteiger partial charge in [0.25, 0.3) is 0 Å². The third-order valence-corrected chi connectivity index (χ3v) is 4.80. The van der Waals surface area contributed by atoms with Crippen molar-refractivity contribution in [3.8, 4) is 0 Å². The van der Waals surface area contributed by atoms with Crippen molar-refractivity contribution in [2.75, 3.05) is 26.8 Å². The lowest BCUT2D eigenvalue weighted by Gasteiger charge is -2.22. The molecule has 118 valence electrons. The Labute approximate surface area is 127 Å². The van der Waals surface area contributed by atoms with Crippen molar-refractivity contribution < 1.29 is 21.9 Å². The number of nitrogens with zero attached hydrogens (tertiary/aromatic N) is 1. The molecule has 0 atom stereocenters. The van der Waals surface area contributed by atoms with Crippen LogP contribution in [0.4, 0.5) is 8.78 Å². The van der Waals surface area contributed by atoms with Crippen molar-refractivity contribution in [3.05, 3.63) is 29.8 Å². The molecule has 0 spiro atoms. The van der Waals surface area contributed by atoms with E-state index in [4.69, 9.17) is 22.7 Å². The predicted octanol–water partition coefficient (Wildman–Crippen LogP) is 1.28. The summed E-state index contributed by atoms with van der Waals surface area (Å²) in [6, 6.07) is 2.30. The molecular formula is C12H16F2N2O3S2. The van der Waals surface area contributed by atoms with Crippen molar-refractivity contribution in [1.29, 1.82) is 0 Å². The lowest BCUT2D eigenvalue weighted by atomic mass is 10.3. The van der Waals surface area contributed by atoms with Crippen LogP contribution in [0.3, 0.4) is 0 Å². The molecule has 1 aromatic rings. The largest absolute Gasteiger partial charge is 0.393 e. The first kappa shape index (κ1) is 17.9. The number of sulfonamides is 1. The summed E-state index contributed by atoms with van der Waals surface area (Å²) in [6.45, 7) is 0.134. The highest BCUT2D eigenvalue weighted by atomic mass is 32.2. The van der Waals surface area contributed by atoms with Crippen molar-refractivity contribution in [2.45, 2.75) is 11.3 Å². The standard InChI is InChI=1S/C12H16F2N2O3S2/c1-19-7-6-16(5-4-12(15)20)21(17,18)11-3-2-9(13)8-10(11)14/h2-3,8H,4-7H2,1H3,(H2,15,20). The first-order valence-electron chi connectivity index (χ1n) is 6.01. The van der Waals surface area contributed by atoms with E-state index in [1.807, 2.05) is 0 Å². The maximum atomic E-state index is 13.7. The van der Waals surface area contributed by atoms with Crippen LogP contribution in [0, 0.1) is 11.6 Å². The van der Waals surface area contributed by atoms with E-state index in [0.717, 1.165) is 16.4 Å². The summed E-state index contributed by atoms with van der Waals surface area (Å²) in [7, 11) is -2.71. The molecule has 0 heterocycles. The van der Waals surface area contributed by atoms with Crippen molar-refractivity contribution in [2.24, 2.45) is 5.73 Å². The molecule has 1 aromatic carbocycles. The number of methoxy groups -OCH3 is 1. The van der Waals surface area contributed by atoms with Crippen molar-refractivity contribution in [1.82, 2.24) is 4.31 Å². The summed E-state index contributed by atoms with van der Waals surface area (Å²) in [4.78, 5) is -0.449. The zero-order valence-electron chi connectivity index (χ0n) is 11.4. The SMILES string of the molecule is COCCN(CCC(N)=S)S(=O)(=O)c1ccc(F)cc1F. The lowest BCUT2D eigenvalue weighted by molar-refractivity contribution is 0.179. The molecule has 0 amide bonds. The zero-order valence-corrected chi connectivity index (χ0v) is 13.0. The van der Waals surface area contributed by atoms with Gasteiger partial charge in [0, 0.05) is 32.7 Å². The molecule has 0 aliphatic carbocycles. The molecule has 0 radical (unpaired) electrons. The minimum absolute atomic E-state index is 0.00214. The number of ether oxygens (including phenoxy) is 1. The summed E-state index contributed by atoms with van der Waals surface area (Å²) in [6.07, 6.45) is 0.154. The van der Waals surface area contributed by atoms with Crippen LogP contribution in [0.25, 0.3) is 0 Å². The molecule has 0 saturated heterocycles. The van der Waals surface area contributed by atoms with Crippen molar-refractivity contribution >= 4 is 27.2 Å². The maximum absolute atomic E-state index is 13.7. The van der Waals surface area contributed by atoms with Crippen LogP contribution in [0.1, 0.15) is 6.42 Å². The lowest BCUT2D eigenvalue weighted by Crippen LogP contribution is -2.36. The molecule has 21 heavy (non-hydrogen) atoms. The first-order valence-corrected chi connectivity index (χ1v) is 7.86. The predicted molar refractivity (Wildman–Crippen MR) is 78.4 cm³/mol. The normalized spacial score (nSPS) is 11.8. The average molecular weight is 338 g/mol. The third-order valence-electron chi connectivity index (χ3n) is 2.66. The smallest absolute Gasteiger partial charge is 0.246 e. The maximum Gasteiger partial charge on any atom is 0.246 e. The summed E-state index contributed by atoms with van der Waals surface area (Å²) >= 11 is 4.71. The minimum atomic E-state index is -4.12. The van der Waals surface area contributed by atoms with Crippen molar-refractivity contribution in [3.63, 3.8) is 0 Å². The molecule has 5 nitrogen and oxygen atoms in total. The highest BCUT2D eigenvalue weighted by molar-refractivity contribution is 7.89. The van der Waals surface area contributed by atoms with Gasteiger partial charge in [-0.05, 0) is 12.1 Å². The molecule has 0 fully saturated rings. The van der Waals surface area contributed by atoms with Gasteiger partial charge in [-0.1, -0.05) is 12.2 Å². The number of benzene rings is 1. The van der Waals surface area contributed by atoms with E-state index in [9.17, 15) is 17.2 Å². The summed E-state index contributed by atoms with van der Waals surface area (Å²) in [5.74, 6) is -1.99. The van der Waals surface area contributed by atoms with Gasteiger partial charge in [-0.15, -0.1) is 0 Å². The van der Waals surface area contributed by atoms with Crippen LogP contribution in [0.2, 0.25) is 0 Å². The Morgan fingerprint density at radius 2 is 2.05 bits per heavy atom. The Morgan fingerprint density at radius 3 is 2.57 bits per heavy atom. The number of hydrogen-bond donors (Lipinski definition) is 1. The third kappa shape index (κ3) is 4.95. The quantitative estimate of drug-likeness (QED) is 0.723. The molecule has 9 heteroatoms. The summed E-state index contributed by atoms with van der Waals surface area (Å²) in [5, 5.41) is 0. The molecule has 1 rings (SSSR count). The highest BCUT2D eigenvalue weighted by Crippen LogP contribution is 2.20. The van der Waals surface area contributed by atoms with Crippen LogP contribution < -0.4 is 5.73 Å². The Hall–Kier alpha value is -1.16. The van der Waals surface area contributed by atoms with E-state index >= 15 is 0 Å². The Bertz CT molecular complexity index is 609. The van der Waals surface area contributed by atoms with E-state index < -0.39 is 26.6 Å². The van der Waals surface area contributed by atoms with Gasteiger partial charge in [-0.2, -0.15) is 4.31 Å². The fourth-order valence-electron chi connectivity index (χ4n) is 1.60. The van der Waals surface area contributed by atoms with Crippen LogP contribution in [0.5, 0.6) is 0 Å². The monoisotopic (exact) mass is 338 g/mol. The second-order valence-corrected chi connectivity index (χ2v) is 6.62. The molecule has 0 bridgehead atoms. The Morgan fingerprint density at radius 1 is 1.38 bits per heavy atom. The van der Waals surface area contributed by atoms with Gasteiger partial charge in [0.1, 0.15) is 16.5 Å². The van der Waals surface area contributed by atoms with Crippen LogP contribution in [-0.4, -0.2) is 44.5 Å². The molecule has 0 aliphatic heterocycles. The first-order chi connectivity index (χ1) is 9.78. The Kier molecular flexibility index (Phi) is 6.59. The molecule has 0 aromatic heterocycles. The number of rotatable bonds is 8. The van der Waals surface area contributed by atoms with Gasteiger partial charge in [0.2, 0.25) is 10.0 Å².